The smallest absolute Gasteiger partial charge is 0.432 e. The van der Waals surface area contributed by atoms with Crippen molar-refractivity contribution in [3.8, 4) is 0 Å². The number of carboxylic acids is 1. The number of esters is 1. The normalized spacial score (nSPS) is 13.6. The molecule has 17 heteroatoms. The molecule has 1 aromatic carbocycles. The highest BCUT2D eigenvalue weighted by molar-refractivity contribution is 7.86. The summed E-state index contributed by atoms with van der Waals surface area (Å²) in [4.78, 5) is 24.4. The lowest BCUT2D eigenvalue weighted by molar-refractivity contribution is -0.248. The van der Waals surface area contributed by atoms with Crippen LogP contribution in [-0.4, -0.2) is 78.9 Å². The molecule has 8 radical (unpaired) electrons. The van der Waals surface area contributed by atoms with Crippen LogP contribution >= 0.6 is 0 Å². The summed E-state index contributed by atoms with van der Waals surface area (Å²) in [7, 11) is 15.4. The number of carbonyl (C=O) groups excluding carboxylic acids is 1. The van der Waals surface area contributed by atoms with E-state index >= 15 is 0 Å². The molecule has 0 bridgehead atoms. The van der Waals surface area contributed by atoms with E-state index in [2.05, 4.69) is 4.74 Å². The number of hydrogen-bond acceptors (Lipinski definition) is 5. The average Bonchev–Trinajstić information content (AvgIpc) is 2.66. The van der Waals surface area contributed by atoms with Gasteiger partial charge >= 0.3 is 33.5 Å². The molecule has 1 atom stereocenters. The molecule has 1 unspecified atom stereocenters. The summed E-state index contributed by atoms with van der Waals surface area (Å²) < 4.78 is 101. The largest absolute Gasteiger partial charge is 0.478 e. The third-order valence-electron chi connectivity index (χ3n) is 4.35. The first kappa shape index (κ1) is 28.0. The molecule has 0 fully saturated rings. The summed E-state index contributed by atoms with van der Waals surface area (Å²) in [6.45, 7) is 0. The molecular formula is C15H11B4F5O7S. The fraction of sp³-hybridized carbons (Fsp3) is 0.467. The van der Waals surface area contributed by atoms with Crippen molar-refractivity contribution in [1.29, 1.82) is 0 Å². The average molecular weight is 474 g/mol. The van der Waals surface area contributed by atoms with Gasteiger partial charge in [0, 0.05) is 0 Å². The molecule has 0 aliphatic carbocycles. The lowest BCUT2D eigenvalue weighted by Gasteiger charge is -2.28. The fourth-order valence-corrected chi connectivity index (χ4v) is 3.45. The van der Waals surface area contributed by atoms with E-state index in [9.17, 15) is 45.1 Å². The Hall–Kier alpha value is -2.02. The zero-order valence-corrected chi connectivity index (χ0v) is 16.8. The van der Waals surface area contributed by atoms with Crippen LogP contribution in [0.1, 0.15) is 43.0 Å². The van der Waals surface area contributed by atoms with Crippen LogP contribution in [0.25, 0.3) is 0 Å². The number of alkyl halides is 5. The molecule has 0 saturated heterocycles. The van der Waals surface area contributed by atoms with E-state index in [-0.39, 0.29) is 23.0 Å². The van der Waals surface area contributed by atoms with Gasteiger partial charge in [-0.2, -0.15) is 30.4 Å². The molecule has 0 amide bonds. The summed E-state index contributed by atoms with van der Waals surface area (Å²) in [6.07, 6.45) is -13.1. The van der Waals surface area contributed by atoms with Gasteiger partial charge in [0.1, 0.15) is 0 Å². The fourth-order valence-electron chi connectivity index (χ4n) is 3.00. The van der Waals surface area contributed by atoms with Gasteiger partial charge in [-0.15, -0.1) is 0 Å². The minimum Gasteiger partial charge on any atom is -0.478 e. The molecular weight excluding hydrogens is 462 g/mol. The van der Waals surface area contributed by atoms with Crippen molar-refractivity contribution in [2.75, 3.05) is 0 Å². The van der Waals surface area contributed by atoms with E-state index in [0.717, 1.165) is 0 Å². The van der Waals surface area contributed by atoms with Gasteiger partial charge in [0.2, 0.25) is 0 Å². The van der Waals surface area contributed by atoms with E-state index in [1.807, 2.05) is 0 Å². The number of hydrogen-bond donors (Lipinski definition) is 2. The zero-order chi connectivity index (χ0) is 25.2. The number of halogens is 5. The SMILES string of the molecule is [B]Cc1c(C[B])c(C[B])c(C(=O)OC(C(F)(F)F)C(F)(F)S(=O)(=O)O)c(C(=O)O)c1C[B]. The first-order valence-corrected chi connectivity index (χ1v) is 9.80. The standard InChI is InChI=1S/C15H11B4F5O7S/c16-1-5-6(2-17)8(4-19)10(9(11(25)26)7(5)3-18)12(27)31-13(14(20,21)22)15(23,24)32(28,29)30/h13H,1-4H2,(H,25,26)(H,28,29,30). The van der Waals surface area contributed by atoms with Crippen molar-refractivity contribution in [1.82, 2.24) is 0 Å². The van der Waals surface area contributed by atoms with Gasteiger partial charge < -0.3 is 9.84 Å². The molecule has 7 nitrogen and oxygen atoms in total. The molecule has 0 saturated carbocycles. The van der Waals surface area contributed by atoms with Gasteiger partial charge in [0.25, 0.3) is 6.10 Å². The van der Waals surface area contributed by atoms with Crippen LogP contribution in [0.3, 0.4) is 0 Å². The number of carboxylic acid groups (broad SMARTS) is 1. The van der Waals surface area contributed by atoms with Gasteiger partial charge in [0.05, 0.1) is 42.5 Å². The Kier molecular flexibility index (Phi) is 8.63. The van der Waals surface area contributed by atoms with Gasteiger partial charge in [-0.1, -0.05) is 36.4 Å². The Morgan fingerprint density at radius 2 is 1.22 bits per heavy atom. The Morgan fingerprint density at radius 1 is 0.844 bits per heavy atom. The van der Waals surface area contributed by atoms with E-state index in [1.54, 1.807) is 0 Å². The second kappa shape index (κ2) is 9.86. The van der Waals surface area contributed by atoms with E-state index in [4.69, 9.17) is 35.9 Å². The number of carbonyl (C=O) groups is 2. The molecule has 32 heavy (non-hydrogen) atoms. The summed E-state index contributed by atoms with van der Waals surface area (Å²) >= 11 is 0. The quantitative estimate of drug-likeness (QED) is 0.234. The van der Waals surface area contributed by atoms with E-state index in [1.165, 1.54) is 0 Å². The first-order chi connectivity index (χ1) is 14.5. The van der Waals surface area contributed by atoms with Gasteiger partial charge in [-0.05, 0) is 11.1 Å². The Morgan fingerprint density at radius 3 is 1.50 bits per heavy atom. The molecule has 2 N–H and O–H groups in total. The second-order valence-corrected chi connectivity index (χ2v) is 7.64. The van der Waals surface area contributed by atoms with Crippen LogP contribution in [-0.2, 0) is 40.1 Å². The topological polar surface area (TPSA) is 118 Å². The maximum atomic E-state index is 13.8. The monoisotopic (exact) mass is 474 g/mol. The van der Waals surface area contributed by atoms with Crippen LogP contribution in [0.2, 0.25) is 0 Å². The highest BCUT2D eigenvalue weighted by Crippen LogP contribution is 2.39. The molecule has 0 aromatic heterocycles. The number of aromatic carboxylic acids is 1. The summed E-state index contributed by atoms with van der Waals surface area (Å²) in [5.41, 5.74) is -3.14. The Bertz CT molecular complexity index is 1010. The summed E-state index contributed by atoms with van der Waals surface area (Å²) in [6, 6.07) is 0. The highest BCUT2D eigenvalue weighted by atomic mass is 32.2. The summed E-state index contributed by atoms with van der Waals surface area (Å²) in [5, 5.41) is 3.50. The van der Waals surface area contributed by atoms with Gasteiger partial charge in [-0.25, -0.2) is 9.59 Å². The molecule has 1 rings (SSSR count). The zero-order valence-electron chi connectivity index (χ0n) is 15.9. The van der Waals surface area contributed by atoms with E-state index < -0.39 is 75.2 Å². The molecule has 166 valence electrons. The van der Waals surface area contributed by atoms with Crippen molar-refractivity contribution in [2.24, 2.45) is 0 Å². The summed E-state index contributed by atoms with van der Waals surface area (Å²) in [5.74, 6) is -4.24. The van der Waals surface area contributed by atoms with Crippen molar-refractivity contribution in [3.63, 3.8) is 0 Å². The number of rotatable bonds is 9. The Labute approximate surface area is 184 Å². The van der Waals surface area contributed by atoms with Crippen molar-refractivity contribution in [2.45, 2.75) is 42.8 Å². The van der Waals surface area contributed by atoms with Crippen LogP contribution in [0, 0.1) is 0 Å². The maximum Gasteiger partial charge on any atom is 0.432 e. The maximum absolute atomic E-state index is 13.8. The molecule has 1 aromatic rings. The number of benzene rings is 1. The minimum atomic E-state index is -6.72. The third-order valence-corrected chi connectivity index (χ3v) is 5.25. The van der Waals surface area contributed by atoms with Crippen molar-refractivity contribution in [3.05, 3.63) is 33.4 Å². The molecule has 0 heterocycles. The number of ether oxygens (including phenoxy) is 1. The van der Waals surface area contributed by atoms with Crippen LogP contribution in [0.5, 0.6) is 0 Å². The van der Waals surface area contributed by atoms with Crippen molar-refractivity contribution >= 4 is 53.4 Å². The minimum absolute atomic E-state index is 0.0139. The molecule has 0 aliphatic heterocycles. The van der Waals surface area contributed by atoms with Crippen LogP contribution in [0.4, 0.5) is 22.0 Å². The van der Waals surface area contributed by atoms with Crippen LogP contribution in [0.15, 0.2) is 0 Å². The van der Waals surface area contributed by atoms with Gasteiger partial charge in [0.15, 0.2) is 0 Å². The molecule has 0 spiro atoms. The molecule has 0 aliphatic rings. The second-order valence-electron chi connectivity index (χ2n) is 6.15. The first-order valence-electron chi connectivity index (χ1n) is 8.36. The predicted molar refractivity (Wildman–Crippen MR) is 103 cm³/mol. The lowest BCUT2D eigenvalue weighted by atomic mass is 9.72. The van der Waals surface area contributed by atoms with Gasteiger partial charge in [-0.3, -0.25) is 4.55 Å². The van der Waals surface area contributed by atoms with Crippen molar-refractivity contribution < 1.29 is 54.4 Å². The van der Waals surface area contributed by atoms with E-state index in [0.29, 0.717) is 0 Å². The Balaban J connectivity index is 3.94. The highest BCUT2D eigenvalue weighted by Gasteiger charge is 2.66. The van der Waals surface area contributed by atoms with Crippen LogP contribution < -0.4 is 0 Å². The predicted octanol–water partition coefficient (Wildman–Crippen LogP) is 0.627. The third kappa shape index (κ3) is 5.13. The lowest BCUT2D eigenvalue weighted by Crippen LogP contribution is -2.52.